The maximum atomic E-state index is 11.4. The number of hydrogen-bond acceptors (Lipinski definition) is 3. The number of oxazole rings is 1. The highest BCUT2D eigenvalue weighted by atomic mass is 16.3. The Morgan fingerprint density at radius 2 is 2.50 bits per heavy atom. The number of nitrogens with one attached hydrogen (secondary N) is 1. The zero-order valence-electron chi connectivity index (χ0n) is 8.07. The predicted octanol–water partition coefficient (Wildman–Crippen LogP) is 1.01. The van der Waals surface area contributed by atoms with Crippen molar-refractivity contribution in [3.05, 3.63) is 18.2 Å². The van der Waals surface area contributed by atoms with Crippen LogP contribution < -0.4 is 5.32 Å². The van der Waals surface area contributed by atoms with Crippen molar-refractivity contribution in [2.24, 2.45) is 0 Å². The van der Waals surface area contributed by atoms with Gasteiger partial charge in [0.1, 0.15) is 5.56 Å². The van der Waals surface area contributed by atoms with Gasteiger partial charge < -0.3 is 14.3 Å². The van der Waals surface area contributed by atoms with E-state index in [0.717, 1.165) is 6.54 Å². The molecule has 0 fully saturated rings. The highest BCUT2D eigenvalue weighted by Crippen LogP contribution is 2.19. The van der Waals surface area contributed by atoms with Gasteiger partial charge in [-0.3, -0.25) is 4.79 Å². The second-order valence-electron chi connectivity index (χ2n) is 2.91. The summed E-state index contributed by atoms with van der Waals surface area (Å²) in [5.41, 5.74) is 1.79. The molecule has 0 unspecified atom stereocenters. The van der Waals surface area contributed by atoms with Gasteiger partial charge in [-0.1, -0.05) is 0 Å². The number of hydrogen-bond donors (Lipinski definition) is 1. The van der Waals surface area contributed by atoms with E-state index in [4.69, 9.17) is 4.42 Å². The molecule has 0 aliphatic rings. The molecule has 0 aromatic carbocycles. The first kappa shape index (κ1) is 8.80. The SMILES string of the molecule is CCn1cc(C(=O)NC)c2ocnc21. The molecule has 2 heterocycles. The largest absolute Gasteiger partial charge is 0.441 e. The Bertz CT molecular complexity index is 469. The van der Waals surface area contributed by atoms with Crippen molar-refractivity contribution < 1.29 is 9.21 Å². The summed E-state index contributed by atoms with van der Waals surface area (Å²) in [7, 11) is 1.59. The van der Waals surface area contributed by atoms with Crippen LogP contribution in [0.5, 0.6) is 0 Å². The number of aryl methyl sites for hydroxylation is 1. The summed E-state index contributed by atoms with van der Waals surface area (Å²) in [5, 5.41) is 2.56. The molecule has 5 heteroatoms. The minimum Gasteiger partial charge on any atom is -0.441 e. The van der Waals surface area contributed by atoms with Gasteiger partial charge in [0.25, 0.3) is 5.91 Å². The molecule has 5 nitrogen and oxygen atoms in total. The van der Waals surface area contributed by atoms with Gasteiger partial charge >= 0.3 is 0 Å². The lowest BCUT2D eigenvalue weighted by Crippen LogP contribution is -2.17. The number of rotatable bonds is 2. The van der Waals surface area contributed by atoms with Crippen molar-refractivity contribution in [2.45, 2.75) is 13.5 Å². The fraction of sp³-hybridized carbons (Fsp3) is 0.333. The minimum atomic E-state index is -0.154. The van der Waals surface area contributed by atoms with E-state index in [1.54, 1.807) is 13.2 Å². The predicted molar refractivity (Wildman–Crippen MR) is 51.1 cm³/mol. The Morgan fingerprint density at radius 1 is 1.71 bits per heavy atom. The summed E-state index contributed by atoms with van der Waals surface area (Å²) in [6.45, 7) is 2.75. The van der Waals surface area contributed by atoms with Crippen LogP contribution in [0.25, 0.3) is 11.2 Å². The first-order valence-corrected chi connectivity index (χ1v) is 4.42. The zero-order chi connectivity index (χ0) is 10.1. The first-order valence-electron chi connectivity index (χ1n) is 4.42. The van der Waals surface area contributed by atoms with Gasteiger partial charge in [0, 0.05) is 19.8 Å². The van der Waals surface area contributed by atoms with E-state index in [-0.39, 0.29) is 5.91 Å². The van der Waals surface area contributed by atoms with Crippen LogP contribution in [0.4, 0.5) is 0 Å². The smallest absolute Gasteiger partial charge is 0.256 e. The van der Waals surface area contributed by atoms with E-state index in [9.17, 15) is 4.79 Å². The van der Waals surface area contributed by atoms with Gasteiger partial charge in [-0.25, -0.2) is 0 Å². The van der Waals surface area contributed by atoms with Gasteiger partial charge in [-0.05, 0) is 6.92 Å². The molecule has 0 spiro atoms. The Morgan fingerprint density at radius 3 is 3.14 bits per heavy atom. The Kier molecular flexibility index (Phi) is 1.99. The van der Waals surface area contributed by atoms with E-state index in [0.29, 0.717) is 16.8 Å². The van der Waals surface area contributed by atoms with Crippen molar-refractivity contribution in [2.75, 3.05) is 7.05 Å². The Labute approximate surface area is 80.7 Å². The van der Waals surface area contributed by atoms with Crippen LogP contribution >= 0.6 is 0 Å². The van der Waals surface area contributed by atoms with Crippen LogP contribution in [0.15, 0.2) is 17.0 Å². The summed E-state index contributed by atoms with van der Waals surface area (Å²) in [5.74, 6) is -0.154. The molecule has 0 saturated heterocycles. The van der Waals surface area contributed by atoms with Crippen LogP contribution in [0.1, 0.15) is 17.3 Å². The van der Waals surface area contributed by atoms with Crippen molar-refractivity contribution in [3.63, 3.8) is 0 Å². The molecule has 2 rings (SSSR count). The standard InChI is InChI=1S/C9H11N3O2/c1-3-12-4-6(9(13)10-2)7-8(12)11-5-14-7/h4-5H,3H2,1-2H3,(H,10,13). The third kappa shape index (κ3) is 1.09. The topological polar surface area (TPSA) is 60.1 Å². The molecule has 2 aromatic heterocycles. The van der Waals surface area contributed by atoms with Crippen molar-refractivity contribution in [1.82, 2.24) is 14.9 Å². The lowest BCUT2D eigenvalue weighted by atomic mass is 10.3. The second kappa shape index (κ2) is 3.17. The van der Waals surface area contributed by atoms with Gasteiger partial charge in [0.2, 0.25) is 0 Å². The summed E-state index contributed by atoms with van der Waals surface area (Å²) < 4.78 is 7.04. The lowest BCUT2D eigenvalue weighted by molar-refractivity contribution is 0.0963. The maximum Gasteiger partial charge on any atom is 0.256 e. The average Bonchev–Trinajstić information content (AvgIpc) is 2.76. The summed E-state index contributed by atoms with van der Waals surface area (Å²) in [6.07, 6.45) is 3.10. The molecule has 14 heavy (non-hydrogen) atoms. The van der Waals surface area contributed by atoms with Gasteiger partial charge in [-0.15, -0.1) is 0 Å². The molecule has 0 bridgehead atoms. The van der Waals surface area contributed by atoms with Crippen LogP contribution in [0.2, 0.25) is 0 Å². The van der Waals surface area contributed by atoms with Crippen molar-refractivity contribution in [1.29, 1.82) is 0 Å². The van der Waals surface area contributed by atoms with Crippen LogP contribution in [-0.2, 0) is 6.54 Å². The van der Waals surface area contributed by atoms with Crippen LogP contribution in [-0.4, -0.2) is 22.5 Å². The lowest BCUT2D eigenvalue weighted by Gasteiger charge is -1.95. The highest BCUT2D eigenvalue weighted by Gasteiger charge is 2.16. The molecule has 2 aromatic rings. The van der Waals surface area contributed by atoms with Crippen LogP contribution in [0, 0.1) is 0 Å². The minimum absolute atomic E-state index is 0.154. The number of aromatic nitrogens is 2. The number of amides is 1. The third-order valence-corrected chi connectivity index (χ3v) is 2.16. The molecule has 1 N–H and O–H groups in total. The molecule has 1 amide bonds. The number of carbonyl (C=O) groups is 1. The van der Waals surface area contributed by atoms with E-state index in [1.165, 1.54) is 6.39 Å². The molecule has 74 valence electrons. The third-order valence-electron chi connectivity index (χ3n) is 2.16. The summed E-state index contributed by atoms with van der Waals surface area (Å²) >= 11 is 0. The first-order chi connectivity index (χ1) is 6.77. The Balaban J connectivity index is 2.64. The van der Waals surface area contributed by atoms with E-state index >= 15 is 0 Å². The van der Waals surface area contributed by atoms with E-state index in [1.807, 2.05) is 11.5 Å². The van der Waals surface area contributed by atoms with Gasteiger partial charge in [-0.2, -0.15) is 4.98 Å². The quantitative estimate of drug-likeness (QED) is 0.774. The number of nitrogens with zero attached hydrogens (tertiary/aromatic N) is 2. The molecule has 0 aliphatic carbocycles. The molecule has 0 radical (unpaired) electrons. The summed E-state index contributed by atoms with van der Waals surface area (Å²) in [6, 6.07) is 0. The van der Waals surface area contributed by atoms with Crippen LogP contribution in [0.3, 0.4) is 0 Å². The fourth-order valence-corrected chi connectivity index (χ4v) is 1.44. The van der Waals surface area contributed by atoms with Crippen molar-refractivity contribution in [3.8, 4) is 0 Å². The highest BCUT2D eigenvalue weighted by molar-refractivity contribution is 6.03. The molecule has 0 saturated carbocycles. The number of carbonyl (C=O) groups excluding carboxylic acids is 1. The zero-order valence-corrected chi connectivity index (χ0v) is 8.07. The fourth-order valence-electron chi connectivity index (χ4n) is 1.44. The molecule has 0 atom stereocenters. The average molecular weight is 193 g/mol. The van der Waals surface area contributed by atoms with E-state index in [2.05, 4.69) is 10.3 Å². The summed E-state index contributed by atoms with van der Waals surface area (Å²) in [4.78, 5) is 15.5. The maximum absolute atomic E-state index is 11.4. The normalized spacial score (nSPS) is 10.7. The van der Waals surface area contributed by atoms with Gasteiger partial charge in [0.15, 0.2) is 17.6 Å². The Hall–Kier alpha value is -1.78. The number of fused-ring (bicyclic) bond motifs is 1. The second-order valence-corrected chi connectivity index (χ2v) is 2.91. The van der Waals surface area contributed by atoms with E-state index < -0.39 is 0 Å². The van der Waals surface area contributed by atoms with Crippen molar-refractivity contribution >= 4 is 17.1 Å². The van der Waals surface area contributed by atoms with Gasteiger partial charge in [0.05, 0.1) is 0 Å². The molecular formula is C9H11N3O2. The molecule has 0 aliphatic heterocycles. The monoisotopic (exact) mass is 193 g/mol. The molecular weight excluding hydrogens is 182 g/mol.